The number of amidine groups is 1. The molecule has 0 unspecified atom stereocenters. The molecular weight excluding hydrogens is 462 g/mol. The van der Waals surface area contributed by atoms with E-state index in [1.54, 1.807) is 30.3 Å². The van der Waals surface area contributed by atoms with E-state index in [1.807, 2.05) is 58.1 Å². The number of carbonyl (C=O) groups excluding carboxylic acids is 1. The molecule has 2 aromatic rings. The van der Waals surface area contributed by atoms with Crippen molar-refractivity contribution in [2.75, 3.05) is 50.5 Å². The van der Waals surface area contributed by atoms with Gasteiger partial charge >= 0.3 is 0 Å². The Bertz CT molecular complexity index is 1180. The molecule has 0 saturated carbocycles. The molecule has 0 aliphatic carbocycles. The molecule has 1 saturated heterocycles. The highest BCUT2D eigenvalue weighted by atomic mass is 16.5. The van der Waals surface area contributed by atoms with E-state index < -0.39 is 5.91 Å². The van der Waals surface area contributed by atoms with Gasteiger partial charge in [-0.2, -0.15) is 4.99 Å². The predicted octanol–water partition coefficient (Wildman–Crippen LogP) is 4.50. The zero-order valence-corrected chi connectivity index (χ0v) is 22.6. The first-order chi connectivity index (χ1) is 17.9. The monoisotopic (exact) mass is 501 g/mol. The molecule has 0 spiro atoms. The second kappa shape index (κ2) is 15.2. The summed E-state index contributed by atoms with van der Waals surface area (Å²) in [4.78, 5) is 21.3. The quantitative estimate of drug-likeness (QED) is 0.199. The Hall–Kier alpha value is -4.02. The lowest BCUT2D eigenvalue weighted by atomic mass is 10.1. The van der Waals surface area contributed by atoms with Gasteiger partial charge < -0.3 is 26.0 Å². The van der Waals surface area contributed by atoms with Gasteiger partial charge in [-0.25, -0.2) is 0 Å². The number of nitrogen functional groups attached to an aromatic ring is 1. The minimum Gasteiger partial charge on any atom is -0.481 e. The van der Waals surface area contributed by atoms with Crippen molar-refractivity contribution in [3.8, 4) is 17.6 Å². The first kappa shape index (κ1) is 29.2. The first-order valence-electron chi connectivity index (χ1n) is 12.6. The Morgan fingerprint density at radius 3 is 2.41 bits per heavy atom. The van der Waals surface area contributed by atoms with Gasteiger partial charge in [-0.15, -0.1) is 0 Å². The highest BCUT2D eigenvalue weighted by Crippen LogP contribution is 2.21. The van der Waals surface area contributed by atoms with E-state index in [0.717, 1.165) is 37.4 Å². The second-order valence-electron chi connectivity index (χ2n) is 8.35. The summed E-state index contributed by atoms with van der Waals surface area (Å²) in [6, 6.07) is 12.5. The molecule has 1 aliphatic heterocycles. The van der Waals surface area contributed by atoms with Crippen molar-refractivity contribution >= 4 is 23.1 Å². The van der Waals surface area contributed by atoms with Crippen LogP contribution in [0.5, 0.6) is 5.75 Å². The molecule has 7 nitrogen and oxygen atoms in total. The van der Waals surface area contributed by atoms with Crippen molar-refractivity contribution in [3.63, 3.8) is 0 Å². The van der Waals surface area contributed by atoms with Gasteiger partial charge in [0.05, 0.1) is 0 Å². The van der Waals surface area contributed by atoms with E-state index in [2.05, 4.69) is 33.7 Å². The molecule has 1 aliphatic rings. The molecule has 1 amide bonds. The highest BCUT2D eigenvalue weighted by Gasteiger charge is 2.15. The lowest BCUT2D eigenvalue weighted by Crippen LogP contribution is -2.44. The largest absolute Gasteiger partial charge is 0.481 e. The van der Waals surface area contributed by atoms with Crippen molar-refractivity contribution in [2.24, 2.45) is 10.7 Å². The fraction of sp³-hybridized carbons (Fsp3) is 0.333. The number of carbonyl (C=O) groups is 1. The van der Waals surface area contributed by atoms with Crippen LogP contribution in [0.3, 0.4) is 0 Å². The van der Waals surface area contributed by atoms with Gasteiger partial charge in [0, 0.05) is 54.7 Å². The number of anilines is 2. The summed E-state index contributed by atoms with van der Waals surface area (Å²) in [6.07, 6.45) is 5.81. The molecule has 7 heteroatoms. The third kappa shape index (κ3) is 9.17. The van der Waals surface area contributed by atoms with Crippen molar-refractivity contribution < 1.29 is 9.53 Å². The fourth-order valence-electron chi connectivity index (χ4n) is 3.55. The van der Waals surface area contributed by atoms with Crippen molar-refractivity contribution in [2.45, 2.75) is 27.7 Å². The SMILES string of the molecule is C/C=C\C=C(/C)C#CCOc1ccc(C(N)=NC(=O)c2ccc(N3CCN(C)CC3)cc2)c(N)c1.CC. The number of benzene rings is 2. The number of aliphatic imine (C=N–C) groups is 1. The summed E-state index contributed by atoms with van der Waals surface area (Å²) in [5.74, 6) is 6.18. The Morgan fingerprint density at radius 1 is 1.11 bits per heavy atom. The standard InChI is InChI=1S/C28H33N5O2.C2H6/c1-4-5-7-21(2)8-6-19-35-24-13-14-25(26(29)20-24)27(30)31-28(34)22-9-11-23(12-10-22)33-17-15-32(3)16-18-33;1-2/h4-5,7,9-14,20H,15-19,29H2,1-3H3,(H2,30,31,34);1-2H3/b5-4-,21-7+;. The van der Waals surface area contributed by atoms with Crippen LogP contribution < -0.4 is 21.1 Å². The minimum atomic E-state index is -0.413. The molecular formula is C30H39N5O2. The van der Waals surface area contributed by atoms with Gasteiger partial charge in [0.25, 0.3) is 5.91 Å². The van der Waals surface area contributed by atoms with Gasteiger partial charge in [-0.1, -0.05) is 43.9 Å². The number of rotatable bonds is 6. The molecule has 0 atom stereocenters. The Labute approximate surface area is 221 Å². The summed E-state index contributed by atoms with van der Waals surface area (Å²) in [7, 11) is 2.12. The summed E-state index contributed by atoms with van der Waals surface area (Å²) < 4.78 is 5.64. The summed E-state index contributed by atoms with van der Waals surface area (Å²) in [5.41, 5.74) is 15.6. The molecule has 1 fully saturated rings. The van der Waals surface area contributed by atoms with Crippen LogP contribution in [0.15, 0.2) is 71.3 Å². The van der Waals surface area contributed by atoms with Gasteiger partial charge in [-0.3, -0.25) is 4.79 Å². The van der Waals surface area contributed by atoms with Gasteiger partial charge in [-0.05, 0) is 62.9 Å². The number of hydrogen-bond acceptors (Lipinski definition) is 5. The zero-order chi connectivity index (χ0) is 27.2. The van der Waals surface area contributed by atoms with Crippen LogP contribution in [0.1, 0.15) is 43.6 Å². The number of nitrogens with two attached hydrogens (primary N) is 2. The normalized spacial score (nSPS) is 14.5. The van der Waals surface area contributed by atoms with Crippen LogP contribution in [-0.4, -0.2) is 56.5 Å². The van der Waals surface area contributed by atoms with E-state index >= 15 is 0 Å². The van der Waals surface area contributed by atoms with E-state index in [0.29, 0.717) is 22.6 Å². The maximum atomic E-state index is 12.7. The molecule has 196 valence electrons. The summed E-state index contributed by atoms with van der Waals surface area (Å²) in [6.45, 7) is 12.1. The molecule has 0 aromatic heterocycles. The Balaban J connectivity index is 0.00000235. The van der Waals surface area contributed by atoms with E-state index in [1.165, 1.54) is 0 Å². The topological polar surface area (TPSA) is 97.2 Å². The van der Waals surface area contributed by atoms with E-state index in [-0.39, 0.29) is 12.4 Å². The van der Waals surface area contributed by atoms with E-state index in [9.17, 15) is 4.79 Å². The average molecular weight is 502 g/mol. The third-order valence-corrected chi connectivity index (χ3v) is 5.64. The predicted molar refractivity (Wildman–Crippen MR) is 155 cm³/mol. The van der Waals surface area contributed by atoms with Crippen LogP contribution >= 0.6 is 0 Å². The van der Waals surface area contributed by atoms with Gasteiger partial charge in [0.15, 0.2) is 0 Å². The Kier molecular flexibility index (Phi) is 12.0. The van der Waals surface area contributed by atoms with Crippen molar-refractivity contribution in [1.82, 2.24) is 4.90 Å². The number of nitrogens with zero attached hydrogens (tertiary/aromatic N) is 3. The number of likely N-dealkylation sites (N-methyl/N-ethyl adjacent to an activating group) is 1. The van der Waals surface area contributed by atoms with Crippen LogP contribution in [0.2, 0.25) is 0 Å². The number of amides is 1. The second-order valence-corrected chi connectivity index (χ2v) is 8.35. The first-order valence-corrected chi connectivity index (χ1v) is 12.6. The molecule has 0 bridgehead atoms. The molecule has 1 heterocycles. The number of hydrogen-bond donors (Lipinski definition) is 2. The van der Waals surface area contributed by atoms with Crippen molar-refractivity contribution in [3.05, 3.63) is 77.4 Å². The van der Waals surface area contributed by atoms with Gasteiger partial charge in [0.2, 0.25) is 0 Å². The van der Waals surface area contributed by atoms with Crippen LogP contribution in [0.4, 0.5) is 11.4 Å². The van der Waals surface area contributed by atoms with Crippen LogP contribution in [0.25, 0.3) is 0 Å². The number of piperazine rings is 1. The molecule has 0 radical (unpaired) electrons. The maximum absolute atomic E-state index is 12.7. The third-order valence-electron chi connectivity index (χ3n) is 5.64. The zero-order valence-electron chi connectivity index (χ0n) is 22.6. The molecule has 4 N–H and O–H groups in total. The molecule has 37 heavy (non-hydrogen) atoms. The minimum absolute atomic E-state index is 0.0618. The van der Waals surface area contributed by atoms with Crippen molar-refractivity contribution in [1.29, 1.82) is 0 Å². The molecule has 3 rings (SSSR count). The van der Waals surface area contributed by atoms with E-state index in [4.69, 9.17) is 16.2 Å². The van der Waals surface area contributed by atoms with Gasteiger partial charge in [0.1, 0.15) is 18.2 Å². The summed E-state index contributed by atoms with van der Waals surface area (Å²) >= 11 is 0. The fourth-order valence-corrected chi connectivity index (χ4v) is 3.55. The van der Waals surface area contributed by atoms with Crippen LogP contribution in [-0.2, 0) is 0 Å². The Morgan fingerprint density at radius 2 is 1.78 bits per heavy atom. The average Bonchev–Trinajstić information content (AvgIpc) is 2.91. The summed E-state index contributed by atoms with van der Waals surface area (Å²) in [5, 5.41) is 0. The maximum Gasteiger partial charge on any atom is 0.278 e. The lowest BCUT2D eigenvalue weighted by molar-refractivity contribution is 0.100. The number of ether oxygens (including phenoxy) is 1. The lowest BCUT2D eigenvalue weighted by Gasteiger charge is -2.34. The number of allylic oxidation sites excluding steroid dienone is 4. The molecule has 2 aromatic carbocycles. The highest BCUT2D eigenvalue weighted by molar-refractivity contribution is 6.11. The van der Waals surface area contributed by atoms with Crippen LogP contribution in [0, 0.1) is 11.8 Å². The smallest absolute Gasteiger partial charge is 0.278 e.